The Balaban J connectivity index is 2.63. The average Bonchev–Trinajstić information content (AvgIpc) is 2.89. The number of nitrogens with zero attached hydrogens (tertiary/aromatic N) is 4. The normalized spacial score (nSPS) is 12.4. The third-order valence-corrected chi connectivity index (χ3v) is 3.26. The molecule has 2 rings (SSSR count). The zero-order valence-corrected chi connectivity index (χ0v) is 12.3. The number of aliphatic hydroxyl groups excluding tert-OH is 1. The van der Waals surface area contributed by atoms with Crippen LogP contribution in [0.2, 0.25) is 0 Å². The first-order valence-electron chi connectivity index (χ1n) is 6.89. The highest BCUT2D eigenvalue weighted by Crippen LogP contribution is 2.27. The summed E-state index contributed by atoms with van der Waals surface area (Å²) in [4.78, 5) is 15.2. The number of aliphatic hydroxyl groups is 1. The summed E-state index contributed by atoms with van der Waals surface area (Å²) in [5.41, 5.74) is 0.781. The van der Waals surface area contributed by atoms with Gasteiger partial charge < -0.3 is 5.11 Å². The number of benzene rings is 1. The summed E-state index contributed by atoms with van der Waals surface area (Å²) in [6, 6.07) is 4.65. The molecule has 0 spiro atoms. The summed E-state index contributed by atoms with van der Waals surface area (Å²) in [6.45, 7) is 5.43. The molecule has 0 saturated heterocycles. The molecular weight excluding hydrogens is 272 g/mol. The smallest absolute Gasteiger partial charge is 0.295 e. The van der Waals surface area contributed by atoms with Crippen LogP contribution in [0, 0.1) is 10.1 Å². The molecule has 1 N–H and O–H groups in total. The van der Waals surface area contributed by atoms with Crippen LogP contribution in [-0.2, 0) is 12.8 Å². The van der Waals surface area contributed by atoms with Gasteiger partial charge in [0.15, 0.2) is 5.82 Å². The monoisotopic (exact) mass is 290 g/mol. The first kappa shape index (κ1) is 15.1. The Labute approximate surface area is 122 Å². The third-order valence-electron chi connectivity index (χ3n) is 3.26. The second kappa shape index (κ2) is 6.01. The van der Waals surface area contributed by atoms with Crippen LogP contribution in [0.25, 0.3) is 5.69 Å². The van der Waals surface area contributed by atoms with Gasteiger partial charge >= 0.3 is 0 Å². The van der Waals surface area contributed by atoms with Gasteiger partial charge in [0.25, 0.3) is 5.69 Å². The molecule has 0 fully saturated rings. The Hall–Kier alpha value is -2.28. The van der Waals surface area contributed by atoms with Crippen LogP contribution in [0.5, 0.6) is 0 Å². The van der Waals surface area contributed by atoms with E-state index >= 15 is 0 Å². The van der Waals surface area contributed by atoms with Crippen LogP contribution in [0.3, 0.4) is 0 Å². The fourth-order valence-corrected chi connectivity index (χ4v) is 2.09. The molecule has 1 atom stereocenters. The van der Waals surface area contributed by atoms with Gasteiger partial charge in [-0.2, -0.15) is 5.10 Å². The fourth-order valence-electron chi connectivity index (χ4n) is 2.09. The maximum Gasteiger partial charge on any atom is 0.295 e. The van der Waals surface area contributed by atoms with E-state index in [-0.39, 0.29) is 5.69 Å². The topological polar surface area (TPSA) is 94.1 Å². The van der Waals surface area contributed by atoms with Gasteiger partial charge in [-0.05, 0) is 18.6 Å². The van der Waals surface area contributed by atoms with Crippen LogP contribution in [-0.4, -0.2) is 24.8 Å². The van der Waals surface area contributed by atoms with Crippen LogP contribution in [0.4, 0.5) is 5.69 Å². The predicted octanol–water partition coefficient (Wildman–Crippen LogP) is 2.35. The van der Waals surface area contributed by atoms with E-state index in [1.807, 2.05) is 13.8 Å². The number of aryl methyl sites for hydroxylation is 2. The predicted molar refractivity (Wildman–Crippen MR) is 77.4 cm³/mol. The van der Waals surface area contributed by atoms with Gasteiger partial charge in [0.2, 0.25) is 0 Å². The van der Waals surface area contributed by atoms with Crippen molar-refractivity contribution in [3.63, 3.8) is 0 Å². The zero-order valence-electron chi connectivity index (χ0n) is 12.3. The molecule has 0 saturated carbocycles. The second-order valence-electron chi connectivity index (χ2n) is 4.74. The standard InChI is InChI=1S/C14H18N4O3/c1-4-13-15-14(5-2)17(16-13)11-7-6-10(9(3)19)8-12(11)18(20)21/h6-9,19H,4-5H2,1-3H3/t9-/m1/s1. The lowest BCUT2D eigenvalue weighted by Gasteiger charge is -2.09. The quantitative estimate of drug-likeness (QED) is 0.673. The maximum atomic E-state index is 11.3. The van der Waals surface area contributed by atoms with Crippen molar-refractivity contribution in [1.29, 1.82) is 0 Å². The number of aromatic nitrogens is 3. The van der Waals surface area contributed by atoms with Crippen LogP contribution >= 0.6 is 0 Å². The van der Waals surface area contributed by atoms with Crippen LogP contribution in [0.1, 0.15) is 44.1 Å². The molecule has 112 valence electrons. The van der Waals surface area contributed by atoms with Crippen molar-refractivity contribution in [3.8, 4) is 5.69 Å². The molecule has 0 aliphatic rings. The minimum Gasteiger partial charge on any atom is -0.389 e. The Morgan fingerprint density at radius 3 is 2.62 bits per heavy atom. The maximum absolute atomic E-state index is 11.3. The molecule has 2 aromatic rings. The molecule has 1 heterocycles. The van der Waals surface area contributed by atoms with E-state index in [0.29, 0.717) is 35.7 Å². The molecule has 0 aliphatic carbocycles. The molecule has 1 aromatic carbocycles. The molecule has 0 bridgehead atoms. The average molecular weight is 290 g/mol. The highest BCUT2D eigenvalue weighted by atomic mass is 16.6. The minimum absolute atomic E-state index is 0.0874. The lowest BCUT2D eigenvalue weighted by atomic mass is 10.1. The van der Waals surface area contributed by atoms with Gasteiger partial charge in [0.1, 0.15) is 11.5 Å². The molecule has 1 aromatic heterocycles. The molecule has 0 aliphatic heterocycles. The van der Waals surface area contributed by atoms with Crippen molar-refractivity contribution >= 4 is 5.69 Å². The van der Waals surface area contributed by atoms with Gasteiger partial charge in [-0.15, -0.1) is 0 Å². The number of hydrogen-bond donors (Lipinski definition) is 1. The lowest BCUT2D eigenvalue weighted by Crippen LogP contribution is -2.07. The molecule has 0 radical (unpaired) electrons. The molecule has 0 amide bonds. The Kier molecular flexibility index (Phi) is 4.32. The number of hydrogen-bond acceptors (Lipinski definition) is 5. The fraction of sp³-hybridized carbons (Fsp3) is 0.429. The highest BCUT2D eigenvalue weighted by Gasteiger charge is 2.21. The summed E-state index contributed by atoms with van der Waals surface area (Å²) in [6.07, 6.45) is 0.535. The molecule has 7 heteroatoms. The summed E-state index contributed by atoms with van der Waals surface area (Å²) >= 11 is 0. The van der Waals surface area contributed by atoms with Gasteiger partial charge in [-0.3, -0.25) is 10.1 Å². The van der Waals surface area contributed by atoms with Crippen LogP contribution in [0.15, 0.2) is 18.2 Å². The summed E-state index contributed by atoms with van der Waals surface area (Å²) in [7, 11) is 0. The third kappa shape index (κ3) is 2.92. The van der Waals surface area contributed by atoms with Crippen molar-refractivity contribution in [2.45, 2.75) is 39.7 Å². The van der Waals surface area contributed by atoms with Crippen molar-refractivity contribution in [2.75, 3.05) is 0 Å². The SMILES string of the molecule is CCc1nc(CC)n(-c2ccc([C@@H](C)O)cc2[N+](=O)[O-])n1. The van der Waals surface area contributed by atoms with E-state index in [2.05, 4.69) is 10.1 Å². The minimum atomic E-state index is -0.759. The lowest BCUT2D eigenvalue weighted by molar-refractivity contribution is -0.384. The van der Waals surface area contributed by atoms with E-state index in [1.54, 1.807) is 19.1 Å². The summed E-state index contributed by atoms with van der Waals surface area (Å²) in [5.74, 6) is 1.33. The van der Waals surface area contributed by atoms with E-state index < -0.39 is 11.0 Å². The van der Waals surface area contributed by atoms with Gasteiger partial charge in [-0.1, -0.05) is 19.9 Å². The first-order valence-corrected chi connectivity index (χ1v) is 6.89. The largest absolute Gasteiger partial charge is 0.389 e. The zero-order chi connectivity index (χ0) is 15.6. The molecule has 21 heavy (non-hydrogen) atoms. The van der Waals surface area contributed by atoms with Crippen molar-refractivity contribution < 1.29 is 10.0 Å². The van der Waals surface area contributed by atoms with E-state index in [9.17, 15) is 15.2 Å². The van der Waals surface area contributed by atoms with Gasteiger partial charge in [-0.25, -0.2) is 9.67 Å². The molecule has 7 nitrogen and oxygen atoms in total. The molecule has 0 unspecified atom stereocenters. The van der Waals surface area contributed by atoms with Gasteiger partial charge in [0.05, 0.1) is 11.0 Å². The molecular formula is C14H18N4O3. The Morgan fingerprint density at radius 1 is 1.38 bits per heavy atom. The van der Waals surface area contributed by atoms with Crippen molar-refractivity contribution in [2.24, 2.45) is 0 Å². The van der Waals surface area contributed by atoms with Crippen LogP contribution < -0.4 is 0 Å². The van der Waals surface area contributed by atoms with Crippen molar-refractivity contribution in [3.05, 3.63) is 45.5 Å². The Morgan fingerprint density at radius 2 is 2.10 bits per heavy atom. The Bertz CT molecular complexity index is 664. The summed E-state index contributed by atoms with van der Waals surface area (Å²) < 4.78 is 1.52. The van der Waals surface area contributed by atoms with E-state index in [4.69, 9.17) is 0 Å². The highest BCUT2D eigenvalue weighted by molar-refractivity contribution is 5.54. The van der Waals surface area contributed by atoms with E-state index in [0.717, 1.165) is 0 Å². The van der Waals surface area contributed by atoms with Gasteiger partial charge in [0, 0.05) is 18.9 Å². The van der Waals surface area contributed by atoms with E-state index in [1.165, 1.54) is 10.7 Å². The summed E-state index contributed by atoms with van der Waals surface area (Å²) in [5, 5.41) is 25.2. The van der Waals surface area contributed by atoms with Crippen molar-refractivity contribution in [1.82, 2.24) is 14.8 Å². The first-order chi connectivity index (χ1) is 9.97. The number of rotatable bonds is 5. The second-order valence-corrected chi connectivity index (χ2v) is 4.74. The number of nitro groups is 1. The number of nitro benzene ring substituents is 1.